The zero-order valence-corrected chi connectivity index (χ0v) is 10.6. The molecule has 3 rings (SSSR count). The third-order valence-electron chi connectivity index (χ3n) is 2.97. The molecule has 0 fully saturated rings. The van der Waals surface area contributed by atoms with Gasteiger partial charge in [-0.05, 0) is 12.1 Å². The zero-order valence-electron chi connectivity index (χ0n) is 10.6. The van der Waals surface area contributed by atoms with Crippen LogP contribution in [0.3, 0.4) is 0 Å². The Morgan fingerprint density at radius 2 is 1.75 bits per heavy atom. The summed E-state index contributed by atoms with van der Waals surface area (Å²) in [5.41, 5.74) is 1.85. The maximum absolute atomic E-state index is 11.9. The molecule has 1 aromatic heterocycles. The van der Waals surface area contributed by atoms with Crippen LogP contribution in [0.15, 0.2) is 59.4 Å². The van der Waals surface area contributed by atoms with Gasteiger partial charge < -0.3 is 10.1 Å². The molecule has 0 aliphatic heterocycles. The van der Waals surface area contributed by atoms with Crippen molar-refractivity contribution >= 4 is 22.9 Å². The summed E-state index contributed by atoms with van der Waals surface area (Å²) in [5, 5.41) is 10.0. The van der Waals surface area contributed by atoms with Gasteiger partial charge in [-0.2, -0.15) is 0 Å². The molecule has 2 aromatic carbocycles. The van der Waals surface area contributed by atoms with Crippen molar-refractivity contribution < 1.29 is 5.11 Å². The van der Waals surface area contributed by atoms with Crippen LogP contribution in [0.1, 0.15) is 11.3 Å². The van der Waals surface area contributed by atoms with E-state index in [2.05, 4.69) is 9.97 Å². The molecule has 0 amide bonds. The number of hydrogen-bond donors (Lipinski definition) is 2. The Balaban J connectivity index is 2.11. The van der Waals surface area contributed by atoms with Gasteiger partial charge in [0.25, 0.3) is 5.56 Å². The highest BCUT2D eigenvalue weighted by Gasteiger charge is 2.04. The minimum atomic E-state index is -0.328. The summed E-state index contributed by atoms with van der Waals surface area (Å²) in [5.74, 6) is 0.0129. The van der Waals surface area contributed by atoms with Crippen LogP contribution in [0.5, 0.6) is 0 Å². The average Bonchev–Trinajstić information content (AvgIpc) is 2.49. The van der Waals surface area contributed by atoms with Crippen LogP contribution < -0.4 is 5.56 Å². The minimum absolute atomic E-state index is 0.0129. The number of para-hydroxylation sites is 2. The molecular weight excluding hydrogens is 252 g/mol. The predicted molar refractivity (Wildman–Crippen MR) is 79.3 cm³/mol. The lowest BCUT2D eigenvalue weighted by atomic mass is 10.1. The summed E-state index contributed by atoms with van der Waals surface area (Å²) in [7, 11) is 0. The SMILES string of the molecule is O=c1[nH]c2ccccc2nc1/C=C(/O)c1ccccc1. The minimum Gasteiger partial charge on any atom is -0.507 e. The van der Waals surface area contributed by atoms with E-state index in [1.165, 1.54) is 6.08 Å². The lowest BCUT2D eigenvalue weighted by Gasteiger charge is -2.01. The summed E-state index contributed by atoms with van der Waals surface area (Å²) >= 11 is 0. The summed E-state index contributed by atoms with van der Waals surface area (Å²) in [6.07, 6.45) is 1.38. The van der Waals surface area contributed by atoms with Crippen LogP contribution in [0.2, 0.25) is 0 Å². The first-order valence-electron chi connectivity index (χ1n) is 6.19. The second-order valence-corrected chi connectivity index (χ2v) is 4.36. The molecule has 0 bridgehead atoms. The molecule has 2 N–H and O–H groups in total. The standard InChI is InChI=1S/C16H12N2O2/c19-15(11-6-2-1-3-7-11)10-14-16(20)18-13-9-5-4-8-12(13)17-14/h1-10,19H,(H,18,20)/b15-10+. The summed E-state index contributed by atoms with van der Waals surface area (Å²) < 4.78 is 0. The molecule has 20 heavy (non-hydrogen) atoms. The van der Waals surface area contributed by atoms with Crippen LogP contribution in [-0.2, 0) is 0 Å². The number of benzene rings is 2. The highest BCUT2D eigenvalue weighted by atomic mass is 16.3. The number of aliphatic hydroxyl groups excluding tert-OH is 1. The largest absolute Gasteiger partial charge is 0.507 e. The Bertz CT molecular complexity index is 836. The molecule has 0 radical (unpaired) electrons. The van der Waals surface area contributed by atoms with Crippen molar-refractivity contribution in [2.75, 3.05) is 0 Å². The fourth-order valence-electron chi connectivity index (χ4n) is 1.96. The van der Waals surface area contributed by atoms with Crippen molar-refractivity contribution in [3.63, 3.8) is 0 Å². The van der Waals surface area contributed by atoms with Crippen molar-refractivity contribution in [3.05, 3.63) is 76.2 Å². The van der Waals surface area contributed by atoms with E-state index in [9.17, 15) is 9.90 Å². The lowest BCUT2D eigenvalue weighted by Crippen LogP contribution is -2.12. The third kappa shape index (κ3) is 2.31. The van der Waals surface area contributed by atoms with Crippen molar-refractivity contribution in [2.24, 2.45) is 0 Å². The van der Waals surface area contributed by atoms with Crippen LogP contribution >= 0.6 is 0 Å². The van der Waals surface area contributed by atoms with E-state index in [1.54, 1.807) is 18.2 Å². The lowest BCUT2D eigenvalue weighted by molar-refractivity contribution is 0.515. The van der Waals surface area contributed by atoms with Gasteiger partial charge in [-0.1, -0.05) is 42.5 Å². The Kier molecular flexibility index (Phi) is 3.05. The number of nitrogens with one attached hydrogen (secondary N) is 1. The van der Waals surface area contributed by atoms with Gasteiger partial charge in [0.05, 0.1) is 11.0 Å². The predicted octanol–water partition coefficient (Wildman–Crippen LogP) is 2.98. The number of hydrogen-bond acceptors (Lipinski definition) is 3. The number of H-pyrrole nitrogens is 1. The van der Waals surface area contributed by atoms with Crippen molar-refractivity contribution in [3.8, 4) is 0 Å². The average molecular weight is 264 g/mol. The molecule has 3 aromatic rings. The Hall–Kier alpha value is -2.88. The first-order chi connectivity index (χ1) is 9.74. The van der Waals surface area contributed by atoms with Gasteiger partial charge in [0.15, 0.2) is 0 Å². The number of fused-ring (bicyclic) bond motifs is 1. The second kappa shape index (κ2) is 5.01. The smallest absolute Gasteiger partial charge is 0.274 e. The second-order valence-electron chi connectivity index (χ2n) is 4.36. The Labute approximate surface area is 115 Å². The number of aliphatic hydroxyl groups is 1. The van der Waals surface area contributed by atoms with Gasteiger partial charge in [-0.15, -0.1) is 0 Å². The van der Waals surface area contributed by atoms with E-state index >= 15 is 0 Å². The highest BCUT2D eigenvalue weighted by molar-refractivity contribution is 5.79. The van der Waals surface area contributed by atoms with Gasteiger partial charge >= 0.3 is 0 Å². The number of aromatic nitrogens is 2. The zero-order chi connectivity index (χ0) is 13.9. The number of aromatic amines is 1. The Morgan fingerprint density at radius 3 is 2.55 bits per heavy atom. The molecule has 0 aliphatic carbocycles. The molecule has 0 aliphatic rings. The van der Waals surface area contributed by atoms with Crippen molar-refractivity contribution in [2.45, 2.75) is 0 Å². The van der Waals surface area contributed by atoms with E-state index < -0.39 is 0 Å². The number of rotatable bonds is 2. The molecule has 1 heterocycles. The first kappa shape index (κ1) is 12.2. The summed E-state index contributed by atoms with van der Waals surface area (Å²) in [4.78, 5) is 18.9. The molecular formula is C16H12N2O2. The molecule has 98 valence electrons. The van der Waals surface area contributed by atoms with Crippen molar-refractivity contribution in [1.82, 2.24) is 9.97 Å². The Morgan fingerprint density at radius 1 is 1.05 bits per heavy atom. The topological polar surface area (TPSA) is 66.0 Å². The molecule has 0 saturated heterocycles. The van der Waals surface area contributed by atoms with Gasteiger partial charge in [0.1, 0.15) is 11.5 Å². The monoisotopic (exact) mass is 264 g/mol. The van der Waals surface area contributed by atoms with Gasteiger partial charge in [0, 0.05) is 11.6 Å². The van der Waals surface area contributed by atoms with Crippen LogP contribution in [0.25, 0.3) is 22.9 Å². The quantitative estimate of drug-likeness (QED) is 0.699. The van der Waals surface area contributed by atoms with E-state index in [-0.39, 0.29) is 17.0 Å². The van der Waals surface area contributed by atoms with Crippen molar-refractivity contribution in [1.29, 1.82) is 0 Å². The maximum atomic E-state index is 11.9. The molecule has 4 nitrogen and oxygen atoms in total. The third-order valence-corrected chi connectivity index (χ3v) is 2.97. The summed E-state index contributed by atoms with van der Waals surface area (Å²) in [6, 6.07) is 16.3. The van der Waals surface area contributed by atoms with E-state index in [0.29, 0.717) is 16.6 Å². The van der Waals surface area contributed by atoms with Gasteiger partial charge in [0.2, 0.25) is 0 Å². The molecule has 0 unspecified atom stereocenters. The van der Waals surface area contributed by atoms with E-state index in [4.69, 9.17) is 0 Å². The fourth-order valence-corrected chi connectivity index (χ4v) is 1.96. The molecule has 4 heteroatoms. The van der Waals surface area contributed by atoms with E-state index in [0.717, 1.165) is 0 Å². The van der Waals surface area contributed by atoms with Gasteiger partial charge in [-0.3, -0.25) is 4.79 Å². The van der Waals surface area contributed by atoms with E-state index in [1.807, 2.05) is 36.4 Å². The van der Waals surface area contributed by atoms with Crippen LogP contribution in [0.4, 0.5) is 0 Å². The van der Waals surface area contributed by atoms with Gasteiger partial charge in [-0.25, -0.2) is 4.98 Å². The number of nitrogens with zero attached hydrogens (tertiary/aromatic N) is 1. The molecule has 0 saturated carbocycles. The first-order valence-corrected chi connectivity index (χ1v) is 6.19. The van der Waals surface area contributed by atoms with Crippen LogP contribution in [0, 0.1) is 0 Å². The van der Waals surface area contributed by atoms with Crippen LogP contribution in [-0.4, -0.2) is 15.1 Å². The normalized spacial score (nSPS) is 11.7. The molecule has 0 spiro atoms. The highest BCUT2D eigenvalue weighted by Crippen LogP contribution is 2.13. The fraction of sp³-hybridized carbons (Fsp3) is 0. The molecule has 0 atom stereocenters. The summed E-state index contributed by atoms with van der Waals surface area (Å²) in [6.45, 7) is 0. The maximum Gasteiger partial charge on any atom is 0.274 e.